The summed E-state index contributed by atoms with van der Waals surface area (Å²) >= 11 is 0. The number of aryl methyl sites for hydroxylation is 2. The van der Waals surface area contributed by atoms with E-state index in [-0.39, 0.29) is 10.6 Å². The molecule has 0 aliphatic carbocycles. The normalized spacial score (nSPS) is 11.3. The second-order valence-electron chi connectivity index (χ2n) is 6.85. The molecule has 1 N–H and O–H groups in total. The van der Waals surface area contributed by atoms with Crippen molar-refractivity contribution in [3.8, 4) is 5.75 Å². The van der Waals surface area contributed by atoms with E-state index in [1.165, 1.54) is 12.1 Å². The average Bonchev–Trinajstić information content (AvgIpc) is 2.73. The highest BCUT2D eigenvalue weighted by molar-refractivity contribution is 7.85. The lowest BCUT2D eigenvalue weighted by Crippen LogP contribution is -2.25. The minimum Gasteiger partial charge on any atom is -0.744 e. The maximum Gasteiger partial charge on any atom is 0.196 e. The molecule has 0 amide bonds. The summed E-state index contributed by atoms with van der Waals surface area (Å²) in [6.45, 7) is 1.82. The van der Waals surface area contributed by atoms with Gasteiger partial charge in [-0.2, -0.15) is 0 Å². The Morgan fingerprint density at radius 2 is 1.61 bits per heavy atom. The lowest BCUT2D eigenvalue weighted by molar-refractivity contribution is -0.670. The smallest absolute Gasteiger partial charge is 0.196 e. The molecule has 0 saturated carbocycles. The maximum atomic E-state index is 10.4. The largest absolute Gasteiger partial charge is 0.744 e. The van der Waals surface area contributed by atoms with Gasteiger partial charge in [-0.05, 0) is 36.6 Å². The number of nitrogens with zero attached hydrogens (tertiary/aromatic N) is 3. The van der Waals surface area contributed by atoms with Crippen molar-refractivity contribution in [2.45, 2.75) is 11.8 Å². The number of azo groups is 1. The highest BCUT2D eigenvalue weighted by atomic mass is 32.2. The Bertz CT molecular complexity index is 1330. The second-order valence-corrected chi connectivity index (χ2v) is 8.23. The molecule has 0 unspecified atom stereocenters. The van der Waals surface area contributed by atoms with Crippen molar-refractivity contribution in [2.24, 2.45) is 17.3 Å². The summed E-state index contributed by atoms with van der Waals surface area (Å²) in [6, 6.07) is 20.8. The molecule has 0 radical (unpaired) electrons. The molecule has 0 bridgehead atoms. The van der Waals surface area contributed by atoms with Crippen LogP contribution in [0.15, 0.2) is 100 Å². The number of hydrogen-bond acceptors (Lipinski definition) is 6. The topological polar surface area (TPSA) is 106 Å². The first-order valence-corrected chi connectivity index (χ1v) is 10.8. The highest BCUT2D eigenvalue weighted by Gasteiger charge is 2.06. The van der Waals surface area contributed by atoms with E-state index in [0.717, 1.165) is 22.0 Å². The lowest BCUT2D eigenvalue weighted by Gasteiger charge is -2.05. The highest BCUT2D eigenvalue weighted by Crippen LogP contribution is 2.35. The van der Waals surface area contributed by atoms with Crippen molar-refractivity contribution in [1.29, 1.82) is 0 Å². The van der Waals surface area contributed by atoms with Gasteiger partial charge >= 0.3 is 0 Å². The van der Waals surface area contributed by atoms with Gasteiger partial charge in [-0.25, -0.2) is 13.0 Å². The van der Waals surface area contributed by atoms with Crippen molar-refractivity contribution >= 4 is 32.3 Å². The molecule has 7 nitrogen and oxygen atoms in total. The number of phenols is 1. The number of phenolic OH excluding ortho intramolecular Hbond substituents is 1. The molecule has 1 aromatic heterocycles. The monoisotopic (exact) mass is 435 g/mol. The molecule has 0 spiro atoms. The third-order valence-electron chi connectivity index (χ3n) is 4.38. The molecule has 4 rings (SSSR count). The fourth-order valence-electron chi connectivity index (χ4n) is 2.79. The number of benzene rings is 3. The van der Waals surface area contributed by atoms with E-state index in [4.69, 9.17) is 0 Å². The van der Waals surface area contributed by atoms with E-state index < -0.39 is 10.1 Å². The maximum absolute atomic E-state index is 10.4. The molecule has 0 saturated heterocycles. The molecule has 0 atom stereocenters. The molecule has 3 aromatic carbocycles. The van der Waals surface area contributed by atoms with Crippen LogP contribution in [0, 0.1) is 6.92 Å². The van der Waals surface area contributed by atoms with Gasteiger partial charge < -0.3 is 9.66 Å². The molecular weight excluding hydrogens is 414 g/mol. The second kappa shape index (κ2) is 9.46. The Morgan fingerprint density at radius 3 is 2.29 bits per heavy atom. The fraction of sp³-hybridized carbons (Fsp3) is 0.0870. The van der Waals surface area contributed by atoms with E-state index in [1.54, 1.807) is 18.2 Å². The number of aromatic nitrogens is 1. The summed E-state index contributed by atoms with van der Waals surface area (Å²) in [4.78, 5) is -0.178. The van der Waals surface area contributed by atoms with Gasteiger partial charge in [0.05, 0.1) is 4.90 Å². The summed E-state index contributed by atoms with van der Waals surface area (Å²) in [7, 11) is -2.34. The van der Waals surface area contributed by atoms with Crippen LogP contribution in [-0.2, 0) is 17.2 Å². The summed E-state index contributed by atoms with van der Waals surface area (Å²) in [5.74, 6) is 0.132. The number of rotatable bonds is 3. The summed E-state index contributed by atoms with van der Waals surface area (Å²) in [5, 5.41) is 20.3. The lowest BCUT2D eigenvalue weighted by atomic mass is 10.1. The Morgan fingerprint density at radius 1 is 0.903 bits per heavy atom. The van der Waals surface area contributed by atoms with Gasteiger partial charge in [-0.15, -0.1) is 10.2 Å². The van der Waals surface area contributed by atoms with E-state index in [0.29, 0.717) is 5.69 Å². The molecular formula is C23H21N3O4S. The zero-order valence-electron chi connectivity index (χ0n) is 17.0. The number of hydrogen-bond donors (Lipinski definition) is 1. The van der Waals surface area contributed by atoms with Crippen LogP contribution in [0.4, 0.5) is 11.4 Å². The van der Waals surface area contributed by atoms with Crippen LogP contribution in [0.5, 0.6) is 5.75 Å². The molecule has 0 aliphatic rings. The summed E-state index contributed by atoms with van der Waals surface area (Å²) < 4.78 is 33.1. The number of pyridine rings is 1. The zero-order valence-corrected chi connectivity index (χ0v) is 17.8. The Labute approximate surface area is 180 Å². The number of fused-ring (bicyclic) bond motifs is 1. The molecule has 1 heterocycles. The Hall–Kier alpha value is -3.62. The zero-order chi connectivity index (χ0) is 22.4. The van der Waals surface area contributed by atoms with Crippen molar-refractivity contribution < 1.29 is 22.6 Å². The van der Waals surface area contributed by atoms with Crippen LogP contribution in [0.1, 0.15) is 5.56 Å². The van der Waals surface area contributed by atoms with E-state index in [2.05, 4.69) is 10.2 Å². The van der Waals surface area contributed by atoms with Gasteiger partial charge in [0.25, 0.3) is 0 Å². The van der Waals surface area contributed by atoms with E-state index >= 15 is 0 Å². The first-order valence-electron chi connectivity index (χ1n) is 9.34. The van der Waals surface area contributed by atoms with Gasteiger partial charge in [-0.3, -0.25) is 0 Å². The average molecular weight is 436 g/mol. The number of aromatic hydroxyl groups is 1. The third kappa shape index (κ3) is 5.94. The molecule has 4 aromatic rings. The van der Waals surface area contributed by atoms with Crippen LogP contribution in [-0.4, -0.2) is 18.1 Å². The van der Waals surface area contributed by atoms with E-state index in [1.807, 2.05) is 73.4 Å². The molecule has 31 heavy (non-hydrogen) atoms. The predicted octanol–water partition coefficient (Wildman–Crippen LogP) is 4.68. The van der Waals surface area contributed by atoms with Gasteiger partial charge in [0.2, 0.25) is 0 Å². The standard InChI is InChI=1S/C16H13N3O.C7H8O3S/c1-19-10-4-6-13(11-19)17-18-16-14-7-3-2-5-12(14)8-9-15(16)20;1-6-2-4-7(5-3-6)11(8,9)10/h2-11H,1H3;2-5H,1H3,(H,8,9,10). The first-order chi connectivity index (χ1) is 14.7. The fourth-order valence-corrected chi connectivity index (χ4v) is 3.26. The van der Waals surface area contributed by atoms with Crippen molar-refractivity contribution in [3.63, 3.8) is 0 Å². The van der Waals surface area contributed by atoms with E-state index in [9.17, 15) is 18.1 Å². The van der Waals surface area contributed by atoms with Gasteiger partial charge in [0.1, 0.15) is 34.3 Å². The predicted molar refractivity (Wildman–Crippen MR) is 117 cm³/mol. The molecule has 158 valence electrons. The summed E-state index contributed by atoms with van der Waals surface area (Å²) in [5.41, 5.74) is 2.16. The van der Waals surface area contributed by atoms with Crippen molar-refractivity contribution in [3.05, 3.63) is 90.8 Å². The minimum atomic E-state index is -4.27. The van der Waals surface area contributed by atoms with Gasteiger partial charge in [-0.1, -0.05) is 48.0 Å². The Balaban J connectivity index is 0.000000210. The van der Waals surface area contributed by atoms with Gasteiger partial charge in [0, 0.05) is 11.5 Å². The van der Waals surface area contributed by atoms with Gasteiger partial charge in [0.15, 0.2) is 12.4 Å². The SMILES string of the molecule is C[n+]1cccc(N=Nc2c(O)ccc3ccccc23)c1.Cc1ccc(S(=O)(=O)[O-])cc1. The molecule has 8 heteroatoms. The quantitative estimate of drug-likeness (QED) is 0.286. The van der Waals surface area contributed by atoms with Crippen LogP contribution >= 0.6 is 0 Å². The summed E-state index contributed by atoms with van der Waals surface area (Å²) in [6.07, 6.45) is 3.79. The van der Waals surface area contributed by atoms with Crippen molar-refractivity contribution in [1.82, 2.24) is 0 Å². The van der Waals surface area contributed by atoms with Crippen molar-refractivity contribution in [2.75, 3.05) is 0 Å². The first kappa shape index (κ1) is 22.1. The van der Waals surface area contributed by atoms with Crippen LogP contribution in [0.3, 0.4) is 0 Å². The minimum absolute atomic E-state index is 0.132. The third-order valence-corrected chi connectivity index (χ3v) is 5.23. The van der Waals surface area contributed by atoms with Crippen LogP contribution in [0.25, 0.3) is 10.8 Å². The van der Waals surface area contributed by atoms with Crippen LogP contribution < -0.4 is 4.57 Å². The Kier molecular flexibility index (Phi) is 6.74. The molecule has 0 aliphatic heterocycles. The van der Waals surface area contributed by atoms with Crippen LogP contribution in [0.2, 0.25) is 0 Å². The molecule has 0 fully saturated rings.